The average molecular weight is 413 g/mol. The Morgan fingerprint density at radius 1 is 1.20 bits per heavy atom. The second-order valence-electron chi connectivity index (χ2n) is 11.8. The number of carbonyl (C=O) groups excluding carboxylic acids is 1. The van der Waals surface area contributed by atoms with Crippen molar-refractivity contribution in [3.05, 3.63) is 34.9 Å². The standard InChI is InChI=1S/C27H40O3/c1-9-12-26(5,6)18-14-21(28)24-19-13-17(22(29)16-25(2,3)4)10-11-20(19)27(7,8)30-23(24)15-18/h10,14-15,19-20,28H,9,11-13,16H2,1-8H3/t19-,20-/m1/s1. The zero-order valence-corrected chi connectivity index (χ0v) is 20.2. The summed E-state index contributed by atoms with van der Waals surface area (Å²) < 4.78 is 6.49. The number of aromatic hydroxyl groups is 1. The van der Waals surface area contributed by atoms with Crippen LogP contribution in [0.1, 0.15) is 105 Å². The predicted molar refractivity (Wildman–Crippen MR) is 123 cm³/mol. The third-order valence-corrected chi connectivity index (χ3v) is 7.01. The monoisotopic (exact) mass is 412 g/mol. The molecule has 0 unspecified atom stereocenters. The van der Waals surface area contributed by atoms with Crippen molar-refractivity contribution >= 4 is 5.78 Å². The first kappa shape index (κ1) is 22.9. The molecule has 1 aromatic carbocycles. The van der Waals surface area contributed by atoms with Crippen LogP contribution in [-0.2, 0) is 10.2 Å². The van der Waals surface area contributed by atoms with Gasteiger partial charge < -0.3 is 9.84 Å². The lowest BCUT2D eigenvalue weighted by Crippen LogP contribution is -2.46. The number of benzene rings is 1. The number of ether oxygens (including phenoxy) is 1. The molecule has 2 aliphatic rings. The largest absolute Gasteiger partial charge is 0.508 e. The van der Waals surface area contributed by atoms with Gasteiger partial charge in [0.25, 0.3) is 0 Å². The molecule has 166 valence electrons. The van der Waals surface area contributed by atoms with Crippen LogP contribution < -0.4 is 4.74 Å². The maximum Gasteiger partial charge on any atom is 0.159 e. The minimum Gasteiger partial charge on any atom is -0.508 e. The highest BCUT2D eigenvalue weighted by Gasteiger charge is 2.47. The first-order valence-electron chi connectivity index (χ1n) is 11.5. The number of hydrogen-bond donors (Lipinski definition) is 1. The van der Waals surface area contributed by atoms with Crippen LogP contribution in [0.2, 0.25) is 0 Å². The van der Waals surface area contributed by atoms with Crippen LogP contribution in [0.3, 0.4) is 0 Å². The summed E-state index contributed by atoms with van der Waals surface area (Å²) in [5, 5.41) is 11.1. The maximum atomic E-state index is 12.9. The van der Waals surface area contributed by atoms with Gasteiger partial charge in [0.05, 0.1) is 0 Å². The Balaban J connectivity index is 2.01. The summed E-state index contributed by atoms with van der Waals surface area (Å²) in [7, 11) is 0. The maximum absolute atomic E-state index is 12.9. The highest BCUT2D eigenvalue weighted by Crippen LogP contribution is 2.55. The SMILES string of the molecule is CCCC(C)(C)c1cc(O)c2c(c1)OC(C)(C)[C@@H]1CC=C(C(=O)CC(C)(C)C)C[C@@H]21. The topological polar surface area (TPSA) is 46.5 Å². The van der Waals surface area contributed by atoms with Gasteiger partial charge in [-0.2, -0.15) is 0 Å². The Labute approximate surface area is 182 Å². The van der Waals surface area contributed by atoms with E-state index in [1.54, 1.807) is 0 Å². The van der Waals surface area contributed by atoms with Crippen LogP contribution in [-0.4, -0.2) is 16.5 Å². The van der Waals surface area contributed by atoms with E-state index in [-0.39, 0.29) is 34.1 Å². The van der Waals surface area contributed by atoms with Crippen molar-refractivity contribution in [3.63, 3.8) is 0 Å². The number of phenols is 1. The van der Waals surface area contributed by atoms with Crippen molar-refractivity contribution in [1.82, 2.24) is 0 Å². The summed E-state index contributed by atoms with van der Waals surface area (Å²) >= 11 is 0. The smallest absolute Gasteiger partial charge is 0.159 e. The summed E-state index contributed by atoms with van der Waals surface area (Å²) in [6.45, 7) is 17.2. The molecule has 0 saturated carbocycles. The highest BCUT2D eigenvalue weighted by molar-refractivity contribution is 5.96. The molecule has 1 aliphatic carbocycles. The zero-order valence-electron chi connectivity index (χ0n) is 20.2. The van der Waals surface area contributed by atoms with E-state index in [4.69, 9.17) is 4.74 Å². The molecule has 1 N–H and O–H groups in total. The van der Waals surface area contributed by atoms with E-state index in [1.807, 2.05) is 6.07 Å². The van der Waals surface area contributed by atoms with Gasteiger partial charge in [0.15, 0.2) is 5.78 Å². The van der Waals surface area contributed by atoms with E-state index in [2.05, 4.69) is 67.5 Å². The third-order valence-electron chi connectivity index (χ3n) is 7.01. The van der Waals surface area contributed by atoms with Gasteiger partial charge in [-0.25, -0.2) is 0 Å². The molecule has 30 heavy (non-hydrogen) atoms. The van der Waals surface area contributed by atoms with Crippen molar-refractivity contribution in [2.24, 2.45) is 11.3 Å². The zero-order chi connectivity index (χ0) is 22.5. The lowest BCUT2D eigenvalue weighted by atomic mass is 9.65. The van der Waals surface area contributed by atoms with Crippen molar-refractivity contribution in [2.45, 2.75) is 104 Å². The molecule has 0 fully saturated rings. The van der Waals surface area contributed by atoms with Gasteiger partial charge in [0.1, 0.15) is 17.1 Å². The Kier molecular flexibility index (Phi) is 5.90. The van der Waals surface area contributed by atoms with E-state index in [9.17, 15) is 9.90 Å². The van der Waals surface area contributed by atoms with E-state index >= 15 is 0 Å². The normalized spacial score (nSPS) is 23.1. The molecule has 3 nitrogen and oxygen atoms in total. The van der Waals surface area contributed by atoms with Gasteiger partial charge in [0.2, 0.25) is 0 Å². The number of allylic oxidation sites excluding steroid dienone is 2. The Hall–Kier alpha value is -1.77. The van der Waals surface area contributed by atoms with E-state index < -0.39 is 0 Å². The quantitative estimate of drug-likeness (QED) is 0.563. The molecule has 2 atom stereocenters. The fourth-order valence-corrected chi connectivity index (χ4v) is 5.38. The van der Waals surface area contributed by atoms with Gasteiger partial charge in [-0.1, -0.05) is 54.0 Å². The van der Waals surface area contributed by atoms with Gasteiger partial charge in [0, 0.05) is 23.8 Å². The average Bonchev–Trinajstić information content (AvgIpc) is 2.58. The number of hydrogen-bond acceptors (Lipinski definition) is 3. The number of fused-ring (bicyclic) bond motifs is 3. The Bertz CT molecular complexity index is 852. The van der Waals surface area contributed by atoms with E-state index in [0.717, 1.165) is 41.7 Å². The summed E-state index contributed by atoms with van der Waals surface area (Å²) in [4.78, 5) is 12.9. The fourth-order valence-electron chi connectivity index (χ4n) is 5.38. The number of carbonyl (C=O) groups is 1. The summed E-state index contributed by atoms with van der Waals surface area (Å²) in [5.41, 5.74) is 2.54. The van der Waals surface area contributed by atoms with Crippen LogP contribution in [0, 0.1) is 11.3 Å². The van der Waals surface area contributed by atoms with E-state index in [1.165, 1.54) is 0 Å². The van der Waals surface area contributed by atoms with Crippen LogP contribution in [0.4, 0.5) is 0 Å². The second kappa shape index (κ2) is 7.73. The predicted octanol–water partition coefficient (Wildman–Crippen LogP) is 7.07. The van der Waals surface area contributed by atoms with Crippen LogP contribution in [0.15, 0.2) is 23.8 Å². The van der Waals surface area contributed by atoms with Crippen molar-refractivity contribution < 1.29 is 14.6 Å². The second-order valence-corrected chi connectivity index (χ2v) is 11.8. The summed E-state index contributed by atoms with van der Waals surface area (Å²) in [5.74, 6) is 1.71. The first-order chi connectivity index (χ1) is 13.7. The molecule has 0 aromatic heterocycles. The summed E-state index contributed by atoms with van der Waals surface area (Å²) in [6, 6.07) is 4.07. The molecule has 0 spiro atoms. The Morgan fingerprint density at radius 2 is 1.87 bits per heavy atom. The number of Topliss-reactive ketones (excluding diaryl/α,β-unsaturated/α-hetero) is 1. The highest BCUT2D eigenvalue weighted by atomic mass is 16.5. The molecule has 0 amide bonds. The molecule has 3 rings (SSSR count). The van der Waals surface area contributed by atoms with Gasteiger partial charge in [-0.3, -0.25) is 4.79 Å². The lowest BCUT2D eigenvalue weighted by molar-refractivity contribution is -0.117. The van der Waals surface area contributed by atoms with Crippen molar-refractivity contribution in [1.29, 1.82) is 0 Å². The molecular weight excluding hydrogens is 372 g/mol. The van der Waals surface area contributed by atoms with Crippen LogP contribution in [0.25, 0.3) is 0 Å². The van der Waals surface area contributed by atoms with Crippen molar-refractivity contribution in [3.8, 4) is 11.5 Å². The van der Waals surface area contributed by atoms with Crippen molar-refractivity contribution in [2.75, 3.05) is 0 Å². The minimum absolute atomic E-state index is 0.0219. The van der Waals surface area contributed by atoms with Crippen LogP contribution >= 0.6 is 0 Å². The molecule has 1 aromatic rings. The summed E-state index contributed by atoms with van der Waals surface area (Å²) in [6.07, 6.45) is 6.32. The molecule has 3 heteroatoms. The first-order valence-corrected chi connectivity index (χ1v) is 11.5. The van der Waals surface area contributed by atoms with Gasteiger partial charge >= 0.3 is 0 Å². The molecule has 0 saturated heterocycles. The van der Waals surface area contributed by atoms with Gasteiger partial charge in [-0.05, 0) is 67.2 Å². The minimum atomic E-state index is -0.341. The number of ketones is 1. The molecule has 0 radical (unpaired) electrons. The number of rotatable bonds is 5. The van der Waals surface area contributed by atoms with E-state index in [0.29, 0.717) is 18.6 Å². The molecule has 1 aliphatic heterocycles. The fraction of sp³-hybridized carbons (Fsp3) is 0.667. The third kappa shape index (κ3) is 4.45. The molecule has 0 bridgehead atoms. The van der Waals surface area contributed by atoms with Crippen LogP contribution in [0.5, 0.6) is 11.5 Å². The number of phenolic OH excluding ortho intramolecular Hbond substituents is 1. The lowest BCUT2D eigenvalue weighted by Gasteiger charge is -2.47. The Morgan fingerprint density at radius 3 is 2.47 bits per heavy atom. The molecule has 1 heterocycles. The molecular formula is C27H40O3. The van der Waals surface area contributed by atoms with Gasteiger partial charge in [-0.15, -0.1) is 0 Å².